The predicted molar refractivity (Wildman–Crippen MR) is 87.6 cm³/mol. The maximum Gasteiger partial charge on any atom is 0.325 e. The number of carboxylic acids is 1. The Morgan fingerprint density at radius 3 is 2.96 bits per heavy atom. The van der Waals surface area contributed by atoms with E-state index < -0.39 is 18.1 Å². The minimum absolute atomic E-state index is 0.417. The summed E-state index contributed by atoms with van der Waals surface area (Å²) in [6.07, 6.45) is 0. The third kappa shape index (κ3) is 2.68. The minimum Gasteiger partial charge on any atom is -0.480 e. The number of carboxylic acid groups (broad SMARTS) is 1. The number of hydrogen-bond acceptors (Lipinski definition) is 6. The summed E-state index contributed by atoms with van der Waals surface area (Å²) in [6.45, 7) is 0.582. The van der Waals surface area contributed by atoms with E-state index in [1.54, 1.807) is 17.6 Å². The van der Waals surface area contributed by atoms with Gasteiger partial charge in [0.1, 0.15) is 12.1 Å². The molecule has 0 atom stereocenters. The zero-order valence-electron chi connectivity index (χ0n) is 12.7. The number of methoxy groups -OCH3 is 1. The van der Waals surface area contributed by atoms with Crippen LogP contribution in [0.25, 0.3) is 15.7 Å². The van der Waals surface area contributed by atoms with Crippen LogP contribution in [0.15, 0.2) is 22.3 Å². The molecular formula is C14H16N4O4S. The molecule has 23 heavy (non-hydrogen) atoms. The molecule has 0 aliphatic carbocycles. The summed E-state index contributed by atoms with van der Waals surface area (Å²) < 4.78 is 8.79. The number of fused-ring (bicyclic) bond motifs is 3. The average Bonchev–Trinajstić information content (AvgIpc) is 3.08. The summed E-state index contributed by atoms with van der Waals surface area (Å²) in [5.74, 6) is -0.603. The van der Waals surface area contributed by atoms with Crippen LogP contribution in [-0.4, -0.2) is 52.6 Å². The summed E-state index contributed by atoms with van der Waals surface area (Å²) >= 11 is 1.52. The number of carbonyl (C=O) groups is 1. The van der Waals surface area contributed by atoms with Crippen molar-refractivity contribution in [1.82, 2.24) is 14.2 Å². The van der Waals surface area contributed by atoms with Gasteiger partial charge in [0, 0.05) is 20.7 Å². The van der Waals surface area contributed by atoms with E-state index in [-0.39, 0.29) is 0 Å². The summed E-state index contributed by atoms with van der Waals surface area (Å²) in [5.41, 5.74) is 0.887. The number of aliphatic carboxylic acids is 1. The summed E-state index contributed by atoms with van der Waals surface area (Å²) in [7, 11) is 3.43. The lowest BCUT2D eigenvalue weighted by Crippen LogP contribution is -2.33. The molecular weight excluding hydrogens is 320 g/mol. The second kappa shape index (κ2) is 6.01. The molecule has 0 saturated carbocycles. The second-order valence-corrected chi connectivity index (χ2v) is 6.05. The Balaban J connectivity index is 2.26. The second-order valence-electron chi connectivity index (χ2n) is 5.11. The molecule has 0 aliphatic rings. The van der Waals surface area contributed by atoms with Crippen LogP contribution in [0.2, 0.25) is 0 Å². The molecule has 0 aromatic carbocycles. The first-order valence-electron chi connectivity index (χ1n) is 6.94. The molecule has 0 bridgehead atoms. The Hall–Kier alpha value is -2.39. The van der Waals surface area contributed by atoms with Gasteiger partial charge < -0.3 is 14.7 Å². The zero-order chi connectivity index (χ0) is 16.6. The zero-order valence-corrected chi connectivity index (χ0v) is 13.5. The van der Waals surface area contributed by atoms with Gasteiger partial charge in [-0.2, -0.15) is 0 Å². The molecule has 122 valence electrons. The number of rotatable bonds is 6. The number of hydrogen-bond donors (Lipinski definition) is 1. The van der Waals surface area contributed by atoms with Gasteiger partial charge in [0.25, 0.3) is 5.56 Å². The van der Waals surface area contributed by atoms with Crippen LogP contribution in [0.5, 0.6) is 0 Å². The van der Waals surface area contributed by atoms with Crippen LogP contribution in [0.4, 0.5) is 5.95 Å². The molecule has 3 aromatic heterocycles. The van der Waals surface area contributed by atoms with Crippen LogP contribution in [0, 0.1) is 0 Å². The molecule has 0 fully saturated rings. The normalized spacial score (nSPS) is 11.4. The SMILES string of the molecule is COCCN(C)c1nn(CC(=O)O)c(=O)c2cc3sccc3n12. The fourth-order valence-corrected chi connectivity index (χ4v) is 3.24. The third-order valence-corrected chi connectivity index (χ3v) is 4.40. The van der Waals surface area contributed by atoms with Crippen LogP contribution < -0.4 is 10.5 Å². The van der Waals surface area contributed by atoms with Gasteiger partial charge in [-0.05, 0) is 17.5 Å². The Bertz CT molecular complexity index is 926. The molecule has 3 aromatic rings. The highest BCUT2D eigenvalue weighted by atomic mass is 32.1. The van der Waals surface area contributed by atoms with Gasteiger partial charge in [-0.25, -0.2) is 4.68 Å². The molecule has 3 rings (SSSR count). The Morgan fingerprint density at radius 2 is 2.26 bits per heavy atom. The molecule has 1 N–H and O–H groups in total. The highest BCUT2D eigenvalue weighted by Crippen LogP contribution is 2.26. The van der Waals surface area contributed by atoms with Gasteiger partial charge in [0.05, 0.1) is 16.8 Å². The van der Waals surface area contributed by atoms with E-state index in [0.29, 0.717) is 24.6 Å². The Kier molecular flexibility index (Phi) is 4.05. The highest BCUT2D eigenvalue weighted by molar-refractivity contribution is 7.17. The quantitative estimate of drug-likeness (QED) is 0.719. The summed E-state index contributed by atoms with van der Waals surface area (Å²) in [4.78, 5) is 25.3. The van der Waals surface area contributed by atoms with Gasteiger partial charge in [-0.3, -0.25) is 14.0 Å². The van der Waals surface area contributed by atoms with E-state index in [2.05, 4.69) is 5.10 Å². The first-order chi connectivity index (χ1) is 11.0. The van der Waals surface area contributed by atoms with E-state index in [4.69, 9.17) is 9.84 Å². The fraction of sp³-hybridized carbons (Fsp3) is 0.357. The van der Waals surface area contributed by atoms with Crippen LogP contribution in [0.1, 0.15) is 0 Å². The van der Waals surface area contributed by atoms with Crippen molar-refractivity contribution in [1.29, 1.82) is 0 Å². The lowest BCUT2D eigenvalue weighted by Gasteiger charge is -2.20. The molecule has 9 heteroatoms. The van der Waals surface area contributed by atoms with Crippen molar-refractivity contribution in [2.45, 2.75) is 6.54 Å². The minimum atomic E-state index is -1.11. The molecule has 0 radical (unpaired) electrons. The van der Waals surface area contributed by atoms with Crippen molar-refractivity contribution in [2.24, 2.45) is 0 Å². The Morgan fingerprint density at radius 1 is 1.48 bits per heavy atom. The van der Waals surface area contributed by atoms with Crippen LogP contribution in [0.3, 0.4) is 0 Å². The van der Waals surface area contributed by atoms with Gasteiger partial charge in [0.2, 0.25) is 5.95 Å². The lowest BCUT2D eigenvalue weighted by molar-refractivity contribution is -0.137. The van der Waals surface area contributed by atoms with Gasteiger partial charge in [-0.1, -0.05) is 0 Å². The molecule has 3 heterocycles. The average molecular weight is 336 g/mol. The fourth-order valence-electron chi connectivity index (χ4n) is 2.44. The van der Waals surface area contributed by atoms with Crippen LogP contribution in [-0.2, 0) is 16.1 Å². The largest absolute Gasteiger partial charge is 0.480 e. The first-order valence-corrected chi connectivity index (χ1v) is 7.82. The number of nitrogens with zero attached hydrogens (tertiary/aromatic N) is 4. The van der Waals surface area contributed by atoms with Crippen molar-refractivity contribution in [3.05, 3.63) is 27.9 Å². The molecule has 0 aliphatic heterocycles. The number of aromatic nitrogens is 3. The predicted octanol–water partition coefficient (Wildman–Crippen LogP) is 0.878. The number of likely N-dealkylation sites (N-methyl/N-ethyl adjacent to an activating group) is 1. The molecule has 0 saturated heterocycles. The molecule has 0 spiro atoms. The van der Waals surface area contributed by atoms with Crippen molar-refractivity contribution in [3.63, 3.8) is 0 Å². The molecule has 8 nitrogen and oxygen atoms in total. The maximum absolute atomic E-state index is 12.5. The third-order valence-electron chi connectivity index (χ3n) is 3.54. The van der Waals surface area contributed by atoms with Gasteiger partial charge in [0.15, 0.2) is 0 Å². The number of thiophene rings is 1. The first kappa shape index (κ1) is 15.5. The standard InChI is InChI=1S/C14H16N4O4S/c1-16(4-5-22-2)14-15-17(8-12(19)20)13(21)10-7-11-9(18(10)14)3-6-23-11/h3,6-7H,4-5,8H2,1-2H3,(H,19,20). The maximum atomic E-state index is 12.5. The monoisotopic (exact) mass is 336 g/mol. The molecule has 0 unspecified atom stereocenters. The summed E-state index contributed by atoms with van der Waals surface area (Å²) in [5, 5.41) is 15.2. The van der Waals surface area contributed by atoms with Crippen molar-refractivity contribution in [2.75, 3.05) is 32.2 Å². The van der Waals surface area contributed by atoms with Crippen molar-refractivity contribution >= 4 is 39.0 Å². The van der Waals surface area contributed by atoms with E-state index >= 15 is 0 Å². The lowest BCUT2D eigenvalue weighted by atomic mass is 10.5. The summed E-state index contributed by atoms with van der Waals surface area (Å²) in [6, 6.07) is 3.69. The number of ether oxygens (including phenoxy) is 1. The van der Waals surface area contributed by atoms with Crippen molar-refractivity contribution < 1.29 is 14.6 Å². The highest BCUT2D eigenvalue weighted by Gasteiger charge is 2.18. The van der Waals surface area contributed by atoms with E-state index in [9.17, 15) is 9.59 Å². The van der Waals surface area contributed by atoms with Gasteiger partial charge >= 0.3 is 5.97 Å². The number of anilines is 1. The Labute approximate surface area is 135 Å². The van der Waals surface area contributed by atoms with Crippen LogP contribution >= 0.6 is 11.3 Å². The topological polar surface area (TPSA) is 89.1 Å². The van der Waals surface area contributed by atoms with Crippen molar-refractivity contribution in [3.8, 4) is 0 Å². The van der Waals surface area contributed by atoms with E-state index in [0.717, 1.165) is 14.9 Å². The van der Waals surface area contributed by atoms with Gasteiger partial charge in [-0.15, -0.1) is 16.4 Å². The van der Waals surface area contributed by atoms with E-state index in [1.165, 1.54) is 11.3 Å². The van der Waals surface area contributed by atoms with E-state index in [1.807, 2.05) is 23.4 Å². The molecule has 0 amide bonds. The smallest absolute Gasteiger partial charge is 0.325 e.